The van der Waals surface area contributed by atoms with Gasteiger partial charge in [-0.1, -0.05) is 32.9 Å². The molecule has 0 spiro atoms. The molecule has 7 heteroatoms. The van der Waals surface area contributed by atoms with Gasteiger partial charge < -0.3 is 10.2 Å². The second-order valence-electron chi connectivity index (χ2n) is 7.89. The standard InChI is InChI=1S/C18H27N3O3S/c1-18(2,3)14-4-8-16(9-5-14)25(23,24)21-12-10-20(11-13-21)17(22)19-15-6-7-15/h4-5,8-9,15H,6-7,10-13H2,1-3H3,(H,19,22). The lowest BCUT2D eigenvalue weighted by Gasteiger charge is -2.34. The molecule has 6 nitrogen and oxygen atoms in total. The summed E-state index contributed by atoms with van der Waals surface area (Å²) in [6.07, 6.45) is 2.09. The molecule has 1 aromatic carbocycles. The van der Waals surface area contributed by atoms with Crippen molar-refractivity contribution in [2.45, 2.75) is 50.0 Å². The third-order valence-electron chi connectivity index (χ3n) is 4.79. The predicted molar refractivity (Wildman–Crippen MR) is 97.0 cm³/mol. The maximum atomic E-state index is 12.8. The molecule has 3 rings (SSSR count). The Morgan fingerprint density at radius 1 is 1.04 bits per heavy atom. The van der Waals surface area contributed by atoms with Gasteiger partial charge >= 0.3 is 6.03 Å². The van der Waals surface area contributed by atoms with E-state index >= 15 is 0 Å². The maximum Gasteiger partial charge on any atom is 0.317 e. The SMILES string of the molecule is CC(C)(C)c1ccc(S(=O)(=O)N2CCN(C(=O)NC3CC3)CC2)cc1. The Balaban J connectivity index is 1.64. The number of sulfonamides is 1. The zero-order valence-electron chi connectivity index (χ0n) is 15.2. The predicted octanol–water partition coefficient (Wildman–Crippen LogP) is 2.16. The van der Waals surface area contributed by atoms with Gasteiger partial charge in [0.05, 0.1) is 4.90 Å². The summed E-state index contributed by atoms with van der Waals surface area (Å²) in [5, 5.41) is 2.95. The lowest BCUT2D eigenvalue weighted by atomic mass is 9.87. The molecule has 0 bridgehead atoms. The van der Waals surface area contributed by atoms with Gasteiger partial charge in [0.1, 0.15) is 0 Å². The molecule has 2 amide bonds. The van der Waals surface area contributed by atoms with E-state index in [0.29, 0.717) is 37.1 Å². The van der Waals surface area contributed by atoms with Crippen molar-refractivity contribution in [1.82, 2.24) is 14.5 Å². The number of piperazine rings is 1. The molecule has 1 saturated heterocycles. The van der Waals surface area contributed by atoms with E-state index < -0.39 is 10.0 Å². The highest BCUT2D eigenvalue weighted by atomic mass is 32.2. The van der Waals surface area contributed by atoms with E-state index in [0.717, 1.165) is 18.4 Å². The van der Waals surface area contributed by atoms with Crippen molar-refractivity contribution in [2.24, 2.45) is 0 Å². The molecule has 1 aliphatic heterocycles. The summed E-state index contributed by atoms with van der Waals surface area (Å²) in [6, 6.07) is 7.37. The quantitative estimate of drug-likeness (QED) is 0.892. The number of hydrogen-bond donors (Lipinski definition) is 1. The van der Waals surface area contributed by atoms with Crippen LogP contribution in [0.5, 0.6) is 0 Å². The first-order valence-corrected chi connectivity index (χ1v) is 10.3. The van der Waals surface area contributed by atoms with Crippen LogP contribution in [0.2, 0.25) is 0 Å². The van der Waals surface area contributed by atoms with Crippen molar-refractivity contribution >= 4 is 16.1 Å². The number of hydrogen-bond acceptors (Lipinski definition) is 3. The van der Waals surface area contributed by atoms with E-state index in [1.54, 1.807) is 17.0 Å². The van der Waals surface area contributed by atoms with E-state index in [-0.39, 0.29) is 11.4 Å². The molecule has 1 aromatic rings. The molecule has 1 N–H and O–H groups in total. The second kappa shape index (κ2) is 6.61. The van der Waals surface area contributed by atoms with Gasteiger partial charge in [-0.05, 0) is 36.0 Å². The van der Waals surface area contributed by atoms with Crippen molar-refractivity contribution in [3.8, 4) is 0 Å². The Labute approximate surface area is 150 Å². The third kappa shape index (κ3) is 4.15. The number of benzene rings is 1. The summed E-state index contributed by atoms with van der Waals surface area (Å²) < 4.78 is 27.1. The van der Waals surface area contributed by atoms with Gasteiger partial charge in [-0.25, -0.2) is 13.2 Å². The van der Waals surface area contributed by atoms with E-state index in [2.05, 4.69) is 26.1 Å². The lowest BCUT2D eigenvalue weighted by Crippen LogP contribution is -2.53. The fourth-order valence-corrected chi connectivity index (χ4v) is 4.32. The Hall–Kier alpha value is -1.60. The van der Waals surface area contributed by atoms with Crippen molar-refractivity contribution in [1.29, 1.82) is 0 Å². The molecule has 0 atom stereocenters. The zero-order chi connectivity index (χ0) is 18.2. The lowest BCUT2D eigenvalue weighted by molar-refractivity contribution is 0.172. The zero-order valence-corrected chi connectivity index (χ0v) is 16.0. The Kier molecular flexibility index (Phi) is 4.81. The minimum atomic E-state index is -3.51. The first-order chi connectivity index (χ1) is 11.7. The monoisotopic (exact) mass is 365 g/mol. The molecule has 0 radical (unpaired) electrons. The smallest absolute Gasteiger partial charge is 0.317 e. The van der Waals surface area contributed by atoms with E-state index in [4.69, 9.17) is 0 Å². The van der Waals surface area contributed by atoms with E-state index in [1.165, 1.54) is 4.31 Å². The molecule has 1 saturated carbocycles. The highest BCUT2D eigenvalue weighted by Gasteiger charge is 2.32. The number of nitrogens with zero attached hydrogens (tertiary/aromatic N) is 2. The molecule has 1 heterocycles. The van der Waals surface area contributed by atoms with Crippen molar-refractivity contribution < 1.29 is 13.2 Å². The van der Waals surface area contributed by atoms with Gasteiger partial charge in [-0.2, -0.15) is 4.31 Å². The molecular formula is C18H27N3O3S. The van der Waals surface area contributed by atoms with Crippen LogP contribution in [0.3, 0.4) is 0 Å². The van der Waals surface area contributed by atoms with Crippen LogP contribution in [-0.2, 0) is 15.4 Å². The average molecular weight is 365 g/mol. The third-order valence-corrected chi connectivity index (χ3v) is 6.70. The Bertz CT molecular complexity index is 726. The van der Waals surface area contributed by atoms with Gasteiger partial charge in [-0.3, -0.25) is 0 Å². The molecule has 138 valence electrons. The fraction of sp³-hybridized carbons (Fsp3) is 0.611. The van der Waals surface area contributed by atoms with Gasteiger partial charge in [0.25, 0.3) is 0 Å². The maximum absolute atomic E-state index is 12.8. The number of carbonyl (C=O) groups is 1. The van der Waals surface area contributed by atoms with Gasteiger partial charge in [0.2, 0.25) is 10.0 Å². The normalized spacial score (nSPS) is 19.7. The summed E-state index contributed by atoms with van der Waals surface area (Å²) in [5.41, 5.74) is 1.09. The molecule has 1 aliphatic carbocycles. The molecule has 2 aliphatic rings. The fourth-order valence-electron chi connectivity index (χ4n) is 2.90. The number of amides is 2. The van der Waals surface area contributed by atoms with Crippen molar-refractivity contribution in [3.63, 3.8) is 0 Å². The topological polar surface area (TPSA) is 69.7 Å². The molecule has 0 unspecified atom stereocenters. The van der Waals surface area contributed by atoms with Crippen LogP contribution >= 0.6 is 0 Å². The number of urea groups is 1. The summed E-state index contributed by atoms with van der Waals surface area (Å²) in [6.45, 7) is 7.83. The minimum Gasteiger partial charge on any atom is -0.335 e. The molecule has 2 fully saturated rings. The summed E-state index contributed by atoms with van der Waals surface area (Å²) in [7, 11) is -3.51. The number of nitrogens with one attached hydrogen (secondary N) is 1. The van der Waals surface area contributed by atoms with Crippen molar-refractivity contribution in [2.75, 3.05) is 26.2 Å². The van der Waals surface area contributed by atoms with Crippen LogP contribution in [0.4, 0.5) is 4.79 Å². The summed E-state index contributed by atoms with van der Waals surface area (Å²) in [4.78, 5) is 14.1. The second-order valence-corrected chi connectivity index (χ2v) is 9.83. The van der Waals surface area contributed by atoms with Crippen LogP contribution in [-0.4, -0.2) is 55.9 Å². The van der Waals surface area contributed by atoms with Crippen LogP contribution in [0.25, 0.3) is 0 Å². The number of carbonyl (C=O) groups excluding carboxylic acids is 1. The Morgan fingerprint density at radius 2 is 1.60 bits per heavy atom. The first kappa shape index (κ1) is 18.2. The number of rotatable bonds is 3. The molecule has 0 aromatic heterocycles. The summed E-state index contributed by atoms with van der Waals surface area (Å²) >= 11 is 0. The van der Waals surface area contributed by atoms with E-state index in [1.807, 2.05) is 12.1 Å². The van der Waals surface area contributed by atoms with Crippen LogP contribution in [0, 0.1) is 0 Å². The van der Waals surface area contributed by atoms with Crippen LogP contribution in [0.15, 0.2) is 29.2 Å². The molecular weight excluding hydrogens is 338 g/mol. The average Bonchev–Trinajstić information content (AvgIpc) is 3.38. The summed E-state index contributed by atoms with van der Waals surface area (Å²) in [5.74, 6) is 0. The van der Waals surface area contributed by atoms with Crippen LogP contribution < -0.4 is 5.32 Å². The van der Waals surface area contributed by atoms with Crippen LogP contribution in [0.1, 0.15) is 39.2 Å². The van der Waals surface area contributed by atoms with Gasteiger partial charge in [0.15, 0.2) is 0 Å². The van der Waals surface area contributed by atoms with Crippen molar-refractivity contribution in [3.05, 3.63) is 29.8 Å². The van der Waals surface area contributed by atoms with Gasteiger partial charge in [-0.15, -0.1) is 0 Å². The largest absolute Gasteiger partial charge is 0.335 e. The molecule has 25 heavy (non-hydrogen) atoms. The minimum absolute atomic E-state index is 0.0111. The highest BCUT2D eigenvalue weighted by molar-refractivity contribution is 7.89. The Morgan fingerprint density at radius 3 is 2.08 bits per heavy atom. The highest BCUT2D eigenvalue weighted by Crippen LogP contribution is 2.25. The first-order valence-electron chi connectivity index (χ1n) is 8.84. The van der Waals surface area contributed by atoms with Gasteiger partial charge in [0, 0.05) is 32.2 Å². The van der Waals surface area contributed by atoms with E-state index in [9.17, 15) is 13.2 Å².